The lowest BCUT2D eigenvalue weighted by molar-refractivity contribution is 0.483. The van der Waals surface area contributed by atoms with Crippen molar-refractivity contribution in [2.75, 3.05) is 17.1 Å². The topological polar surface area (TPSA) is 118 Å². The van der Waals surface area contributed by atoms with Crippen molar-refractivity contribution < 1.29 is 21.4 Å². The lowest BCUT2D eigenvalue weighted by Crippen LogP contribution is -2.26. The van der Waals surface area contributed by atoms with Gasteiger partial charge in [-0.15, -0.1) is 0 Å². The lowest BCUT2D eigenvalue weighted by atomic mass is 10.3. The van der Waals surface area contributed by atoms with E-state index in [0.29, 0.717) is 0 Å². The van der Waals surface area contributed by atoms with E-state index in [0.717, 1.165) is 28.6 Å². The highest BCUT2D eigenvalue weighted by molar-refractivity contribution is 7.92. The molecule has 24 heavy (non-hydrogen) atoms. The predicted molar refractivity (Wildman–Crippen MR) is 92.7 cm³/mol. The second-order valence-corrected chi connectivity index (χ2v) is 8.95. The van der Waals surface area contributed by atoms with E-state index < -0.39 is 25.0 Å². The molecule has 0 amide bonds. The van der Waals surface area contributed by atoms with Crippen LogP contribution in [0.2, 0.25) is 10.0 Å². The average molecular weight is 411 g/mol. The number of nitrogens with two attached hydrogens (primary N) is 1. The third kappa shape index (κ3) is 3.60. The summed E-state index contributed by atoms with van der Waals surface area (Å²) in [6.45, 7) is 0. The third-order valence-electron chi connectivity index (χ3n) is 3.19. The number of nitrogen functional groups attached to an aromatic ring is 1. The molecule has 0 aromatic heterocycles. The fourth-order valence-corrected chi connectivity index (χ4v) is 4.22. The Hall–Kier alpha value is -1.52. The SMILES string of the molecule is CN(c1cccc(S(=O)(=O)O)c1)S(=O)(=O)c1cc(Cl)c(N)c(Cl)c1. The summed E-state index contributed by atoms with van der Waals surface area (Å²) in [6.07, 6.45) is 0. The van der Waals surface area contributed by atoms with Gasteiger partial charge >= 0.3 is 0 Å². The van der Waals surface area contributed by atoms with E-state index >= 15 is 0 Å². The van der Waals surface area contributed by atoms with E-state index in [9.17, 15) is 16.8 Å². The Morgan fingerprint density at radius 3 is 2.04 bits per heavy atom. The zero-order valence-electron chi connectivity index (χ0n) is 12.1. The molecule has 2 aromatic carbocycles. The minimum atomic E-state index is -4.47. The second-order valence-electron chi connectivity index (χ2n) is 4.75. The molecule has 0 aliphatic heterocycles. The van der Waals surface area contributed by atoms with Crippen LogP contribution in [0, 0.1) is 0 Å². The van der Waals surface area contributed by atoms with Gasteiger partial charge in [-0.1, -0.05) is 29.3 Å². The van der Waals surface area contributed by atoms with Crippen molar-refractivity contribution in [3.8, 4) is 0 Å². The molecule has 0 heterocycles. The molecule has 0 aliphatic rings. The van der Waals surface area contributed by atoms with Gasteiger partial charge in [0.05, 0.1) is 31.2 Å². The van der Waals surface area contributed by atoms with Crippen LogP contribution in [-0.4, -0.2) is 28.4 Å². The quantitative estimate of drug-likeness (QED) is 0.590. The van der Waals surface area contributed by atoms with Crippen LogP contribution in [-0.2, 0) is 20.1 Å². The van der Waals surface area contributed by atoms with Gasteiger partial charge in [0.15, 0.2) is 0 Å². The Labute approximate surface area is 149 Å². The van der Waals surface area contributed by atoms with Gasteiger partial charge in [-0.05, 0) is 30.3 Å². The second kappa shape index (κ2) is 6.41. The Balaban J connectivity index is 2.55. The van der Waals surface area contributed by atoms with Crippen molar-refractivity contribution >= 4 is 54.7 Å². The van der Waals surface area contributed by atoms with Crippen LogP contribution in [0.4, 0.5) is 11.4 Å². The maximum absolute atomic E-state index is 12.7. The zero-order chi connectivity index (χ0) is 18.3. The zero-order valence-corrected chi connectivity index (χ0v) is 15.3. The molecule has 130 valence electrons. The molecule has 0 bridgehead atoms. The first-order chi connectivity index (χ1) is 10.9. The monoisotopic (exact) mass is 410 g/mol. The Morgan fingerprint density at radius 1 is 1.00 bits per heavy atom. The van der Waals surface area contributed by atoms with Gasteiger partial charge in [0.1, 0.15) is 0 Å². The van der Waals surface area contributed by atoms with Crippen molar-refractivity contribution in [1.82, 2.24) is 0 Å². The summed E-state index contributed by atoms with van der Waals surface area (Å²) >= 11 is 11.7. The average Bonchev–Trinajstić information content (AvgIpc) is 2.50. The van der Waals surface area contributed by atoms with E-state index in [2.05, 4.69) is 0 Å². The van der Waals surface area contributed by atoms with Crippen LogP contribution in [0.3, 0.4) is 0 Å². The molecule has 3 N–H and O–H groups in total. The summed E-state index contributed by atoms with van der Waals surface area (Å²) in [5.74, 6) is 0. The normalized spacial score (nSPS) is 12.2. The van der Waals surface area contributed by atoms with Crippen LogP contribution < -0.4 is 10.0 Å². The molecule has 0 atom stereocenters. The van der Waals surface area contributed by atoms with Gasteiger partial charge in [0.2, 0.25) is 0 Å². The molecule has 11 heteroatoms. The van der Waals surface area contributed by atoms with E-state index in [1.807, 2.05) is 0 Å². The number of anilines is 2. The highest BCUT2D eigenvalue weighted by atomic mass is 35.5. The van der Waals surface area contributed by atoms with Crippen LogP contribution in [0.25, 0.3) is 0 Å². The first-order valence-electron chi connectivity index (χ1n) is 6.25. The molecule has 2 rings (SSSR count). The molecule has 0 unspecified atom stereocenters. The lowest BCUT2D eigenvalue weighted by Gasteiger charge is -2.20. The molecule has 0 fully saturated rings. The van der Waals surface area contributed by atoms with E-state index in [1.54, 1.807) is 0 Å². The molecule has 2 aromatic rings. The van der Waals surface area contributed by atoms with Crippen LogP contribution in [0.15, 0.2) is 46.2 Å². The fraction of sp³-hybridized carbons (Fsp3) is 0.0769. The first kappa shape index (κ1) is 18.8. The largest absolute Gasteiger partial charge is 0.396 e. The first-order valence-corrected chi connectivity index (χ1v) is 9.89. The Kier molecular flexibility index (Phi) is 5.03. The molecule has 0 aliphatic carbocycles. The molecule has 7 nitrogen and oxygen atoms in total. The van der Waals surface area contributed by atoms with Crippen molar-refractivity contribution in [1.29, 1.82) is 0 Å². The Bertz CT molecular complexity index is 984. The summed E-state index contributed by atoms with van der Waals surface area (Å²) in [4.78, 5) is -0.651. The molecular weight excluding hydrogens is 399 g/mol. The van der Waals surface area contributed by atoms with Crippen molar-refractivity contribution in [3.63, 3.8) is 0 Å². The molecule has 0 radical (unpaired) electrons. The molecule has 0 saturated carbocycles. The smallest absolute Gasteiger partial charge is 0.294 e. The summed E-state index contributed by atoms with van der Waals surface area (Å²) < 4.78 is 57.6. The summed E-state index contributed by atoms with van der Waals surface area (Å²) in [6, 6.07) is 7.10. The van der Waals surface area contributed by atoms with Crippen molar-refractivity contribution in [3.05, 3.63) is 46.4 Å². The molecule has 0 saturated heterocycles. The Morgan fingerprint density at radius 2 is 1.54 bits per heavy atom. The summed E-state index contributed by atoms with van der Waals surface area (Å²) in [5.41, 5.74) is 5.65. The van der Waals surface area contributed by atoms with Gasteiger partial charge in [-0.25, -0.2) is 8.42 Å². The molecule has 0 spiro atoms. The fourth-order valence-electron chi connectivity index (χ4n) is 1.85. The number of hydrogen-bond donors (Lipinski definition) is 2. The molecular formula is C13H12Cl2N2O5S2. The minimum Gasteiger partial charge on any atom is -0.396 e. The van der Waals surface area contributed by atoms with Crippen LogP contribution >= 0.6 is 23.2 Å². The highest BCUT2D eigenvalue weighted by Crippen LogP contribution is 2.33. The van der Waals surface area contributed by atoms with Gasteiger partial charge in [0.25, 0.3) is 20.1 Å². The minimum absolute atomic E-state index is 0.0224. The third-order valence-corrected chi connectivity index (χ3v) is 6.43. The van der Waals surface area contributed by atoms with E-state index in [1.165, 1.54) is 19.2 Å². The van der Waals surface area contributed by atoms with Gasteiger partial charge < -0.3 is 5.73 Å². The predicted octanol–water partition coefficient (Wildman–Crippen LogP) is 2.65. The van der Waals surface area contributed by atoms with E-state index in [-0.39, 0.29) is 26.3 Å². The number of rotatable bonds is 4. The maximum Gasteiger partial charge on any atom is 0.294 e. The van der Waals surface area contributed by atoms with Crippen LogP contribution in [0.5, 0.6) is 0 Å². The van der Waals surface area contributed by atoms with Gasteiger partial charge in [-0.2, -0.15) is 8.42 Å². The number of sulfonamides is 1. The number of benzene rings is 2. The number of halogens is 2. The van der Waals surface area contributed by atoms with Gasteiger partial charge in [-0.3, -0.25) is 8.86 Å². The summed E-state index contributed by atoms with van der Waals surface area (Å²) in [7, 11) is -7.33. The van der Waals surface area contributed by atoms with Crippen LogP contribution in [0.1, 0.15) is 0 Å². The van der Waals surface area contributed by atoms with Crippen molar-refractivity contribution in [2.45, 2.75) is 9.79 Å². The number of nitrogens with zero attached hydrogens (tertiary/aromatic N) is 1. The van der Waals surface area contributed by atoms with Gasteiger partial charge in [0, 0.05) is 7.05 Å². The number of hydrogen-bond acceptors (Lipinski definition) is 5. The van der Waals surface area contributed by atoms with Crippen molar-refractivity contribution in [2.24, 2.45) is 0 Å². The highest BCUT2D eigenvalue weighted by Gasteiger charge is 2.24. The summed E-state index contributed by atoms with van der Waals surface area (Å²) in [5, 5.41) is -0.0534. The maximum atomic E-state index is 12.7. The standard InChI is InChI=1S/C13H12Cl2N2O5S2/c1-17(8-3-2-4-9(5-8)24(20,21)22)23(18,19)10-6-11(14)13(16)12(15)7-10/h2-7H,16H2,1H3,(H,20,21,22). The van der Waals surface area contributed by atoms with E-state index in [4.69, 9.17) is 33.5 Å².